The van der Waals surface area contributed by atoms with Crippen LogP contribution < -0.4 is 0 Å². The molecule has 2 aromatic carbocycles. The molecule has 0 fully saturated rings. The number of carbonyl (C=O) groups excluding carboxylic acids is 1. The Morgan fingerprint density at radius 3 is 2.03 bits per heavy atom. The molecule has 170 valence electrons. The molecular formula is C25H33BrO5. The van der Waals surface area contributed by atoms with E-state index in [1.165, 1.54) is 7.11 Å². The Labute approximate surface area is 193 Å². The first-order valence-corrected chi connectivity index (χ1v) is 11.3. The number of benzene rings is 2. The second kappa shape index (κ2) is 12.3. The van der Waals surface area contributed by atoms with Gasteiger partial charge in [0.25, 0.3) is 0 Å². The van der Waals surface area contributed by atoms with Crippen LogP contribution in [0.4, 0.5) is 0 Å². The molecule has 5 nitrogen and oxygen atoms in total. The summed E-state index contributed by atoms with van der Waals surface area (Å²) in [5, 5.41) is 11.0. The van der Waals surface area contributed by atoms with Gasteiger partial charge in [0, 0.05) is 11.8 Å². The lowest BCUT2D eigenvalue weighted by atomic mass is 9.84. The third-order valence-corrected chi connectivity index (χ3v) is 6.29. The van der Waals surface area contributed by atoms with Gasteiger partial charge in [-0.1, -0.05) is 90.4 Å². The molecule has 0 spiro atoms. The van der Waals surface area contributed by atoms with Gasteiger partial charge in [-0.05, 0) is 18.1 Å². The van der Waals surface area contributed by atoms with Gasteiger partial charge in [0.1, 0.15) is 4.32 Å². The Morgan fingerprint density at radius 2 is 1.52 bits per heavy atom. The summed E-state index contributed by atoms with van der Waals surface area (Å²) in [5.74, 6) is -0.901. The van der Waals surface area contributed by atoms with Crippen LogP contribution in [0, 0.1) is 11.8 Å². The minimum absolute atomic E-state index is 0.0157. The molecule has 0 saturated carbocycles. The molecular weight excluding hydrogens is 460 g/mol. The molecule has 5 atom stereocenters. The number of halogens is 1. The van der Waals surface area contributed by atoms with E-state index in [1.54, 1.807) is 6.92 Å². The average molecular weight is 493 g/mol. The molecule has 0 aliphatic rings. The number of alkyl halides is 1. The highest BCUT2D eigenvalue weighted by molar-refractivity contribution is 9.10. The Bertz CT molecular complexity index is 781. The summed E-state index contributed by atoms with van der Waals surface area (Å²) in [5.41, 5.74) is 2.14. The van der Waals surface area contributed by atoms with Crippen molar-refractivity contribution in [2.45, 2.75) is 50.5 Å². The minimum Gasteiger partial charge on any atom is -0.468 e. The molecule has 0 heterocycles. The van der Waals surface area contributed by atoms with E-state index < -0.39 is 16.4 Å². The molecule has 6 heteroatoms. The zero-order chi connectivity index (χ0) is 22.9. The lowest BCUT2D eigenvalue weighted by molar-refractivity contribution is -0.149. The van der Waals surface area contributed by atoms with E-state index in [-0.39, 0.29) is 17.9 Å². The molecule has 0 bridgehead atoms. The molecule has 31 heavy (non-hydrogen) atoms. The fraction of sp³-hybridized carbons (Fsp3) is 0.480. The average Bonchev–Trinajstić information content (AvgIpc) is 2.79. The fourth-order valence-corrected chi connectivity index (χ4v) is 4.21. The van der Waals surface area contributed by atoms with Crippen molar-refractivity contribution in [1.29, 1.82) is 0 Å². The maximum absolute atomic E-state index is 12.2. The molecule has 0 amide bonds. The van der Waals surface area contributed by atoms with Crippen LogP contribution in [0.1, 0.15) is 31.9 Å². The van der Waals surface area contributed by atoms with Crippen molar-refractivity contribution in [3.63, 3.8) is 0 Å². The molecule has 0 radical (unpaired) electrons. The highest BCUT2D eigenvalue weighted by atomic mass is 79.9. The van der Waals surface area contributed by atoms with E-state index in [9.17, 15) is 9.90 Å². The first-order chi connectivity index (χ1) is 14.8. The van der Waals surface area contributed by atoms with Gasteiger partial charge in [0.05, 0.1) is 39.1 Å². The van der Waals surface area contributed by atoms with E-state index in [4.69, 9.17) is 14.2 Å². The number of hydrogen-bond acceptors (Lipinski definition) is 5. The Kier molecular flexibility index (Phi) is 10.2. The topological polar surface area (TPSA) is 65.0 Å². The van der Waals surface area contributed by atoms with Gasteiger partial charge in [-0.2, -0.15) is 0 Å². The van der Waals surface area contributed by atoms with Crippen LogP contribution in [0.5, 0.6) is 0 Å². The number of ether oxygens (including phenoxy) is 3. The van der Waals surface area contributed by atoms with Crippen molar-refractivity contribution < 1.29 is 24.1 Å². The summed E-state index contributed by atoms with van der Waals surface area (Å²) >= 11 is 3.36. The van der Waals surface area contributed by atoms with E-state index in [0.29, 0.717) is 19.8 Å². The highest BCUT2D eigenvalue weighted by Gasteiger charge is 2.45. The van der Waals surface area contributed by atoms with E-state index in [2.05, 4.69) is 15.9 Å². The second-order valence-electron chi connectivity index (χ2n) is 8.11. The minimum atomic E-state index is -1.24. The number of esters is 1. The van der Waals surface area contributed by atoms with Gasteiger partial charge in [-0.15, -0.1) is 0 Å². The lowest BCUT2D eigenvalue weighted by Gasteiger charge is -2.37. The largest absolute Gasteiger partial charge is 0.468 e. The molecule has 0 aromatic heterocycles. The standard InChI is InChI=1S/C25H33BrO5/c1-18(15-30-16-20-11-7-5-8-12-20)22(31-17-21-13-9-6-10-14-21)19(2)23(27)25(3,26)24(28)29-4/h5-14,18-19,22-23,27H,15-17H2,1-4H3/t18-,19-,22-,23-,25-/m0/s1. The summed E-state index contributed by atoms with van der Waals surface area (Å²) in [7, 11) is 1.31. The smallest absolute Gasteiger partial charge is 0.325 e. The zero-order valence-corrected chi connectivity index (χ0v) is 20.2. The van der Waals surface area contributed by atoms with Gasteiger partial charge >= 0.3 is 5.97 Å². The van der Waals surface area contributed by atoms with Crippen LogP contribution in [-0.4, -0.2) is 41.3 Å². The van der Waals surface area contributed by atoms with Gasteiger partial charge < -0.3 is 19.3 Å². The van der Waals surface area contributed by atoms with E-state index >= 15 is 0 Å². The molecule has 1 N–H and O–H groups in total. The first-order valence-electron chi connectivity index (χ1n) is 10.5. The van der Waals surface area contributed by atoms with E-state index in [1.807, 2.05) is 74.5 Å². The Balaban J connectivity index is 2.09. The highest BCUT2D eigenvalue weighted by Crippen LogP contribution is 2.33. The monoisotopic (exact) mass is 492 g/mol. The summed E-state index contributed by atoms with van der Waals surface area (Å²) in [6.45, 7) is 6.91. The normalized spacial score (nSPS) is 17.2. The molecule has 0 aliphatic carbocycles. The number of rotatable bonds is 12. The molecule has 0 saturated heterocycles. The van der Waals surface area contributed by atoms with Gasteiger partial charge in [0.2, 0.25) is 0 Å². The number of methoxy groups -OCH3 is 1. The third kappa shape index (κ3) is 7.42. The quantitative estimate of drug-likeness (QED) is 0.342. The van der Waals surface area contributed by atoms with Crippen molar-refractivity contribution in [3.8, 4) is 0 Å². The summed E-state index contributed by atoms with van der Waals surface area (Å²) in [6.07, 6.45) is -1.36. The van der Waals surface area contributed by atoms with Crippen molar-refractivity contribution in [2.75, 3.05) is 13.7 Å². The zero-order valence-electron chi connectivity index (χ0n) is 18.7. The van der Waals surface area contributed by atoms with Crippen LogP contribution in [0.25, 0.3) is 0 Å². The van der Waals surface area contributed by atoms with Crippen molar-refractivity contribution in [2.24, 2.45) is 11.8 Å². The molecule has 2 aromatic rings. The van der Waals surface area contributed by atoms with E-state index in [0.717, 1.165) is 11.1 Å². The number of aliphatic hydroxyl groups is 1. The predicted octanol–water partition coefficient (Wildman–Crippen LogP) is 4.75. The van der Waals surface area contributed by atoms with Crippen molar-refractivity contribution in [1.82, 2.24) is 0 Å². The van der Waals surface area contributed by atoms with Crippen LogP contribution in [0.2, 0.25) is 0 Å². The Hall–Kier alpha value is -1.73. The summed E-state index contributed by atoms with van der Waals surface area (Å²) < 4.78 is 15.8. The summed E-state index contributed by atoms with van der Waals surface area (Å²) in [6, 6.07) is 19.9. The maximum atomic E-state index is 12.2. The molecule has 0 aliphatic heterocycles. The SMILES string of the molecule is COC(=O)[C@@](C)(Br)[C@@H](O)[C@@H](C)[C@@H](OCc1ccccc1)[C@@H](C)COCc1ccccc1. The summed E-state index contributed by atoms with van der Waals surface area (Å²) in [4.78, 5) is 12.2. The lowest BCUT2D eigenvalue weighted by Crippen LogP contribution is -2.50. The van der Waals surface area contributed by atoms with Gasteiger partial charge in [-0.25, -0.2) is 0 Å². The maximum Gasteiger partial charge on any atom is 0.325 e. The van der Waals surface area contributed by atoms with Crippen LogP contribution in [0.15, 0.2) is 60.7 Å². The first kappa shape index (κ1) is 25.5. The second-order valence-corrected chi connectivity index (χ2v) is 9.76. The van der Waals surface area contributed by atoms with Crippen LogP contribution >= 0.6 is 15.9 Å². The fourth-order valence-electron chi connectivity index (χ4n) is 3.63. The Morgan fingerprint density at radius 1 is 1.00 bits per heavy atom. The number of carbonyl (C=O) groups is 1. The van der Waals surface area contributed by atoms with Crippen LogP contribution in [-0.2, 0) is 32.2 Å². The molecule has 0 unspecified atom stereocenters. The van der Waals surface area contributed by atoms with Gasteiger partial charge in [-0.3, -0.25) is 4.79 Å². The van der Waals surface area contributed by atoms with Gasteiger partial charge in [0.15, 0.2) is 0 Å². The third-order valence-electron chi connectivity index (χ3n) is 5.49. The molecule has 2 rings (SSSR count). The number of hydrogen-bond donors (Lipinski definition) is 1. The van der Waals surface area contributed by atoms with Crippen molar-refractivity contribution in [3.05, 3.63) is 71.8 Å². The van der Waals surface area contributed by atoms with Crippen LogP contribution in [0.3, 0.4) is 0 Å². The van der Waals surface area contributed by atoms with Crippen molar-refractivity contribution >= 4 is 21.9 Å². The predicted molar refractivity (Wildman–Crippen MR) is 125 cm³/mol. The number of aliphatic hydroxyl groups excluding tert-OH is 1.